The summed E-state index contributed by atoms with van der Waals surface area (Å²) in [5, 5.41) is 3.72. The highest BCUT2D eigenvalue weighted by Gasteiger charge is 2.18. The number of hydrogen-bond acceptors (Lipinski definition) is 2. The van der Waals surface area contributed by atoms with E-state index < -0.39 is 0 Å². The van der Waals surface area contributed by atoms with Crippen molar-refractivity contribution in [2.75, 3.05) is 26.2 Å². The van der Waals surface area contributed by atoms with E-state index in [2.05, 4.69) is 31.0 Å². The second-order valence-electron chi connectivity index (χ2n) is 5.39. The maximum atomic E-state index is 3.72. The molecule has 1 atom stereocenters. The zero-order chi connectivity index (χ0) is 11.8. The molecule has 2 nitrogen and oxygen atoms in total. The molecule has 96 valence electrons. The van der Waals surface area contributed by atoms with E-state index >= 15 is 0 Å². The topological polar surface area (TPSA) is 15.3 Å². The normalized spacial score (nSPS) is 21.2. The highest BCUT2D eigenvalue weighted by molar-refractivity contribution is 4.77. The predicted molar refractivity (Wildman–Crippen MR) is 71.8 cm³/mol. The first-order chi connectivity index (χ1) is 7.76. The zero-order valence-electron chi connectivity index (χ0n) is 11.5. The van der Waals surface area contributed by atoms with Crippen molar-refractivity contribution in [1.82, 2.24) is 10.2 Å². The maximum Gasteiger partial charge on any atom is 0.00915 e. The Kier molecular flexibility index (Phi) is 7.06. The average Bonchev–Trinajstić information content (AvgIpc) is 2.34. The SMILES string of the molecule is CCCCN1CCC(NCC(C)CC)CC1. The molecule has 0 amide bonds. The fourth-order valence-corrected chi connectivity index (χ4v) is 2.25. The van der Waals surface area contributed by atoms with Crippen LogP contribution in [0.5, 0.6) is 0 Å². The highest BCUT2D eigenvalue weighted by Crippen LogP contribution is 2.11. The number of nitrogens with one attached hydrogen (secondary N) is 1. The smallest absolute Gasteiger partial charge is 0.00915 e. The van der Waals surface area contributed by atoms with Gasteiger partial charge in [-0.25, -0.2) is 0 Å². The number of likely N-dealkylation sites (tertiary alicyclic amines) is 1. The second-order valence-corrected chi connectivity index (χ2v) is 5.39. The third-order valence-corrected chi connectivity index (χ3v) is 3.87. The molecule has 0 aromatic heterocycles. The Morgan fingerprint density at radius 2 is 1.94 bits per heavy atom. The highest BCUT2D eigenvalue weighted by atomic mass is 15.1. The molecule has 0 aromatic rings. The van der Waals surface area contributed by atoms with E-state index in [0.717, 1.165) is 12.0 Å². The number of nitrogens with zero attached hydrogens (tertiary/aromatic N) is 1. The summed E-state index contributed by atoms with van der Waals surface area (Å²) in [6.45, 7) is 12.0. The van der Waals surface area contributed by atoms with Gasteiger partial charge in [-0.05, 0) is 51.4 Å². The minimum absolute atomic E-state index is 0.784. The van der Waals surface area contributed by atoms with Crippen molar-refractivity contribution < 1.29 is 0 Å². The van der Waals surface area contributed by atoms with E-state index in [-0.39, 0.29) is 0 Å². The largest absolute Gasteiger partial charge is 0.314 e. The van der Waals surface area contributed by atoms with E-state index in [1.807, 2.05) is 0 Å². The van der Waals surface area contributed by atoms with Crippen LogP contribution < -0.4 is 5.32 Å². The summed E-state index contributed by atoms with van der Waals surface area (Å²) < 4.78 is 0. The van der Waals surface area contributed by atoms with Crippen molar-refractivity contribution in [3.05, 3.63) is 0 Å². The summed E-state index contributed by atoms with van der Waals surface area (Å²) in [5.41, 5.74) is 0. The maximum absolute atomic E-state index is 3.72. The Morgan fingerprint density at radius 1 is 1.25 bits per heavy atom. The van der Waals surface area contributed by atoms with Gasteiger partial charge in [0.2, 0.25) is 0 Å². The first-order valence-electron chi connectivity index (χ1n) is 7.22. The van der Waals surface area contributed by atoms with Crippen molar-refractivity contribution in [1.29, 1.82) is 0 Å². The van der Waals surface area contributed by atoms with Gasteiger partial charge in [0.1, 0.15) is 0 Å². The van der Waals surface area contributed by atoms with Gasteiger partial charge in [-0.1, -0.05) is 33.6 Å². The fourth-order valence-electron chi connectivity index (χ4n) is 2.25. The summed E-state index contributed by atoms with van der Waals surface area (Å²) in [6, 6.07) is 0.784. The Hall–Kier alpha value is -0.0800. The molecule has 1 unspecified atom stereocenters. The summed E-state index contributed by atoms with van der Waals surface area (Å²) >= 11 is 0. The first kappa shape index (κ1) is 14.0. The van der Waals surface area contributed by atoms with Crippen molar-refractivity contribution >= 4 is 0 Å². The molecule has 0 aliphatic carbocycles. The third-order valence-electron chi connectivity index (χ3n) is 3.87. The number of hydrogen-bond donors (Lipinski definition) is 1. The number of piperidine rings is 1. The molecule has 0 aromatic carbocycles. The van der Waals surface area contributed by atoms with Gasteiger partial charge < -0.3 is 10.2 Å². The molecule has 1 aliphatic heterocycles. The lowest BCUT2D eigenvalue weighted by atomic mass is 10.0. The number of rotatable bonds is 7. The zero-order valence-corrected chi connectivity index (χ0v) is 11.5. The average molecular weight is 226 g/mol. The van der Waals surface area contributed by atoms with Crippen LogP contribution >= 0.6 is 0 Å². The first-order valence-corrected chi connectivity index (χ1v) is 7.22. The van der Waals surface area contributed by atoms with Crippen molar-refractivity contribution in [3.8, 4) is 0 Å². The molecule has 2 heteroatoms. The molecule has 1 fully saturated rings. The van der Waals surface area contributed by atoms with E-state index in [1.165, 1.54) is 58.3 Å². The molecule has 1 rings (SSSR count). The molecule has 0 saturated carbocycles. The van der Waals surface area contributed by atoms with E-state index in [1.54, 1.807) is 0 Å². The minimum Gasteiger partial charge on any atom is -0.314 e. The van der Waals surface area contributed by atoms with Gasteiger partial charge in [-0.3, -0.25) is 0 Å². The standard InChI is InChI=1S/C14H30N2/c1-4-6-9-16-10-7-14(8-11-16)15-12-13(3)5-2/h13-15H,4-12H2,1-3H3. The summed E-state index contributed by atoms with van der Waals surface area (Å²) in [6.07, 6.45) is 6.68. The van der Waals surface area contributed by atoms with E-state index in [0.29, 0.717) is 0 Å². The molecule has 0 radical (unpaired) electrons. The van der Waals surface area contributed by atoms with Crippen LogP contribution in [-0.2, 0) is 0 Å². The Labute approximate surface area is 102 Å². The van der Waals surface area contributed by atoms with Crippen LogP contribution in [0.25, 0.3) is 0 Å². The van der Waals surface area contributed by atoms with Crippen LogP contribution in [-0.4, -0.2) is 37.1 Å². The molecule has 1 saturated heterocycles. The lowest BCUT2D eigenvalue weighted by Crippen LogP contribution is -2.43. The van der Waals surface area contributed by atoms with Gasteiger partial charge in [0.05, 0.1) is 0 Å². The van der Waals surface area contributed by atoms with Gasteiger partial charge in [-0.15, -0.1) is 0 Å². The van der Waals surface area contributed by atoms with Crippen LogP contribution in [0, 0.1) is 5.92 Å². The predicted octanol–water partition coefficient (Wildman–Crippen LogP) is 2.89. The van der Waals surface area contributed by atoms with Gasteiger partial charge in [0.15, 0.2) is 0 Å². The van der Waals surface area contributed by atoms with Crippen LogP contribution in [0.3, 0.4) is 0 Å². The van der Waals surface area contributed by atoms with Crippen LogP contribution in [0.1, 0.15) is 52.9 Å². The van der Waals surface area contributed by atoms with Crippen LogP contribution in [0.2, 0.25) is 0 Å². The summed E-state index contributed by atoms with van der Waals surface area (Å²) in [4.78, 5) is 2.63. The lowest BCUT2D eigenvalue weighted by Gasteiger charge is -2.32. The molecule has 1 aliphatic rings. The van der Waals surface area contributed by atoms with Gasteiger partial charge in [0.25, 0.3) is 0 Å². The summed E-state index contributed by atoms with van der Waals surface area (Å²) in [5.74, 6) is 0.832. The minimum atomic E-state index is 0.784. The molecule has 0 spiro atoms. The second kappa shape index (κ2) is 8.08. The number of unbranched alkanes of at least 4 members (excludes halogenated alkanes) is 1. The molecule has 1 heterocycles. The van der Waals surface area contributed by atoms with E-state index in [4.69, 9.17) is 0 Å². The molecule has 0 bridgehead atoms. The van der Waals surface area contributed by atoms with Gasteiger partial charge in [-0.2, -0.15) is 0 Å². The fraction of sp³-hybridized carbons (Fsp3) is 1.00. The van der Waals surface area contributed by atoms with E-state index in [9.17, 15) is 0 Å². The quantitative estimate of drug-likeness (QED) is 0.718. The molecular weight excluding hydrogens is 196 g/mol. The molecule has 16 heavy (non-hydrogen) atoms. The summed E-state index contributed by atoms with van der Waals surface area (Å²) in [7, 11) is 0. The van der Waals surface area contributed by atoms with Crippen molar-refractivity contribution in [2.45, 2.75) is 58.9 Å². The van der Waals surface area contributed by atoms with Gasteiger partial charge >= 0.3 is 0 Å². The Balaban J connectivity index is 2.07. The monoisotopic (exact) mass is 226 g/mol. The molecule has 1 N–H and O–H groups in total. The van der Waals surface area contributed by atoms with Crippen molar-refractivity contribution in [2.24, 2.45) is 5.92 Å². The molecular formula is C14H30N2. The van der Waals surface area contributed by atoms with Crippen LogP contribution in [0.15, 0.2) is 0 Å². The third kappa shape index (κ3) is 5.31. The lowest BCUT2D eigenvalue weighted by molar-refractivity contribution is 0.193. The Morgan fingerprint density at radius 3 is 2.50 bits per heavy atom. The Bertz CT molecular complexity index is 162. The van der Waals surface area contributed by atoms with Crippen molar-refractivity contribution in [3.63, 3.8) is 0 Å². The van der Waals surface area contributed by atoms with Crippen LogP contribution in [0.4, 0.5) is 0 Å². The van der Waals surface area contributed by atoms with Gasteiger partial charge in [0, 0.05) is 6.04 Å².